The third kappa shape index (κ3) is 10.1. The number of hydrogen-bond acceptors (Lipinski definition) is 7. The first-order valence-electron chi connectivity index (χ1n) is 13.6. The van der Waals surface area contributed by atoms with Gasteiger partial charge in [0.2, 0.25) is 11.8 Å². The van der Waals surface area contributed by atoms with E-state index in [9.17, 15) is 19.2 Å². The molecule has 1 saturated heterocycles. The quantitative estimate of drug-likeness (QED) is 0.281. The van der Waals surface area contributed by atoms with E-state index in [1.165, 1.54) is 6.92 Å². The topological polar surface area (TPSA) is 105 Å². The van der Waals surface area contributed by atoms with Crippen LogP contribution in [0.4, 0.5) is 0 Å². The van der Waals surface area contributed by atoms with E-state index in [2.05, 4.69) is 5.32 Å². The van der Waals surface area contributed by atoms with Crippen LogP contribution in [0.1, 0.15) is 93.4 Å². The second-order valence-electron chi connectivity index (χ2n) is 10.5. The van der Waals surface area contributed by atoms with Crippen molar-refractivity contribution in [3.63, 3.8) is 0 Å². The fourth-order valence-electron chi connectivity index (χ4n) is 4.69. The van der Waals surface area contributed by atoms with Gasteiger partial charge in [-0.15, -0.1) is 0 Å². The van der Waals surface area contributed by atoms with Crippen molar-refractivity contribution in [2.45, 2.75) is 118 Å². The number of likely N-dealkylation sites (tertiary alicyclic amines) is 1. The highest BCUT2D eigenvalue weighted by molar-refractivity contribution is 5.90. The van der Waals surface area contributed by atoms with Crippen LogP contribution < -0.4 is 5.32 Å². The van der Waals surface area contributed by atoms with Crippen molar-refractivity contribution in [2.75, 3.05) is 20.3 Å². The maximum Gasteiger partial charge on any atom is 0.307 e. The Morgan fingerprint density at radius 3 is 2.28 bits per heavy atom. The van der Waals surface area contributed by atoms with Crippen LogP contribution in [0, 0.1) is 11.8 Å². The van der Waals surface area contributed by atoms with Gasteiger partial charge >= 0.3 is 11.9 Å². The number of esters is 2. The fourth-order valence-corrected chi connectivity index (χ4v) is 4.69. The summed E-state index contributed by atoms with van der Waals surface area (Å²) < 4.78 is 10.8. The molecule has 0 aromatic heterocycles. The molecule has 0 spiro atoms. The monoisotopic (exact) mass is 511 g/mol. The van der Waals surface area contributed by atoms with Gasteiger partial charge in [0.25, 0.3) is 0 Å². The minimum absolute atomic E-state index is 0.00500. The molecule has 1 aliphatic heterocycles. The van der Waals surface area contributed by atoms with E-state index in [-0.39, 0.29) is 54.9 Å². The number of ether oxygens (including phenoxy) is 2. The van der Waals surface area contributed by atoms with Crippen LogP contribution in [0.5, 0.6) is 0 Å². The lowest BCUT2D eigenvalue weighted by atomic mass is 9.92. The van der Waals surface area contributed by atoms with Gasteiger partial charge in [-0.25, -0.2) is 0 Å². The Morgan fingerprint density at radius 1 is 1.08 bits per heavy atom. The van der Waals surface area contributed by atoms with Crippen molar-refractivity contribution in [1.82, 2.24) is 15.1 Å². The van der Waals surface area contributed by atoms with Crippen molar-refractivity contribution in [3.8, 4) is 0 Å². The second kappa shape index (κ2) is 15.8. The highest BCUT2D eigenvalue weighted by Crippen LogP contribution is 2.23. The number of rotatable bonds is 14. The van der Waals surface area contributed by atoms with E-state index >= 15 is 0 Å². The summed E-state index contributed by atoms with van der Waals surface area (Å²) in [5.74, 6) is -1.32. The van der Waals surface area contributed by atoms with Crippen molar-refractivity contribution in [1.29, 1.82) is 0 Å². The van der Waals surface area contributed by atoms with Gasteiger partial charge in [-0.1, -0.05) is 47.5 Å². The summed E-state index contributed by atoms with van der Waals surface area (Å²) in [5.41, 5.74) is 0. The standard InChI is InChI=1S/C27H49N3O6/c1-9-13-24(32)35-17-30(23(18(3)4)16-20(6)36-21(7)31)27(34)25(19(5)10-2)28-26(33)22-14-11-12-15-29(22)8/h18-20,22-23,25H,9-17H2,1-8H3,(H,28,33)/t19-,20-,22+,23+,25-/m0/s1. The Labute approximate surface area is 217 Å². The predicted octanol–water partition coefficient (Wildman–Crippen LogP) is 3.50. The Morgan fingerprint density at radius 2 is 1.75 bits per heavy atom. The SMILES string of the molecule is CCCC(=O)OCN(C(=O)[C@@H](NC(=O)[C@H]1CCCCN1C)[C@@H](C)CC)[C@H](C[C@H](C)OC(C)=O)C(C)C. The van der Waals surface area contributed by atoms with Crippen LogP contribution in [-0.2, 0) is 28.7 Å². The zero-order valence-electron chi connectivity index (χ0n) is 23.7. The van der Waals surface area contributed by atoms with Crippen LogP contribution >= 0.6 is 0 Å². The van der Waals surface area contributed by atoms with Crippen molar-refractivity contribution < 1.29 is 28.7 Å². The molecule has 1 rings (SSSR count). The lowest BCUT2D eigenvalue weighted by Gasteiger charge is -2.39. The summed E-state index contributed by atoms with van der Waals surface area (Å²) in [6, 6.07) is -1.38. The minimum atomic E-state index is -0.756. The number of carbonyl (C=O) groups is 4. The lowest BCUT2D eigenvalue weighted by Crippen LogP contribution is -2.59. The molecule has 1 fully saturated rings. The average molecular weight is 512 g/mol. The van der Waals surface area contributed by atoms with Gasteiger partial charge in [0.05, 0.1) is 6.04 Å². The maximum atomic E-state index is 14.1. The molecule has 0 bridgehead atoms. The molecule has 1 heterocycles. The van der Waals surface area contributed by atoms with Crippen LogP contribution in [0.2, 0.25) is 0 Å². The van der Waals surface area contributed by atoms with Gasteiger partial charge in [-0.3, -0.25) is 24.1 Å². The minimum Gasteiger partial charge on any atom is -0.463 e. The highest BCUT2D eigenvalue weighted by Gasteiger charge is 2.38. The zero-order valence-corrected chi connectivity index (χ0v) is 23.7. The Bertz CT molecular complexity index is 728. The number of nitrogens with one attached hydrogen (secondary N) is 1. The summed E-state index contributed by atoms with van der Waals surface area (Å²) in [7, 11) is 1.94. The first-order valence-corrected chi connectivity index (χ1v) is 13.6. The van der Waals surface area contributed by atoms with E-state index in [4.69, 9.17) is 9.47 Å². The Kier molecular flexibility index (Phi) is 14.0. The molecule has 1 aliphatic rings. The maximum absolute atomic E-state index is 14.1. The molecule has 0 aromatic rings. The first kappa shape index (κ1) is 31.9. The molecule has 2 amide bonds. The molecular formula is C27H49N3O6. The molecule has 1 N–H and O–H groups in total. The Balaban J connectivity index is 3.25. The zero-order chi connectivity index (χ0) is 27.4. The number of carbonyl (C=O) groups excluding carboxylic acids is 4. The molecule has 208 valence electrons. The first-order chi connectivity index (χ1) is 16.9. The smallest absolute Gasteiger partial charge is 0.307 e. The third-order valence-corrected chi connectivity index (χ3v) is 7.06. The molecule has 0 aromatic carbocycles. The number of amides is 2. The molecule has 9 heteroatoms. The largest absolute Gasteiger partial charge is 0.463 e. The van der Waals surface area contributed by atoms with E-state index in [1.54, 1.807) is 11.8 Å². The van der Waals surface area contributed by atoms with Gasteiger partial charge in [0.15, 0.2) is 6.73 Å². The van der Waals surface area contributed by atoms with Crippen LogP contribution in [0.15, 0.2) is 0 Å². The Hall–Kier alpha value is -2.16. The van der Waals surface area contributed by atoms with Gasteiger partial charge in [-0.05, 0) is 51.6 Å². The van der Waals surface area contributed by atoms with Gasteiger partial charge < -0.3 is 19.7 Å². The lowest BCUT2D eigenvalue weighted by molar-refractivity contribution is -0.160. The molecule has 5 atom stereocenters. The van der Waals surface area contributed by atoms with Gasteiger partial charge in [0.1, 0.15) is 12.1 Å². The molecule has 0 saturated carbocycles. The van der Waals surface area contributed by atoms with Gasteiger partial charge in [-0.2, -0.15) is 0 Å². The van der Waals surface area contributed by atoms with Crippen molar-refractivity contribution >= 4 is 23.8 Å². The van der Waals surface area contributed by atoms with Crippen LogP contribution in [0.3, 0.4) is 0 Å². The van der Waals surface area contributed by atoms with Crippen LogP contribution in [-0.4, -0.2) is 78.1 Å². The summed E-state index contributed by atoms with van der Waals surface area (Å²) >= 11 is 0. The van der Waals surface area contributed by atoms with Gasteiger partial charge in [0, 0.05) is 25.8 Å². The highest BCUT2D eigenvalue weighted by atomic mass is 16.5. The fraction of sp³-hybridized carbons (Fsp3) is 0.852. The summed E-state index contributed by atoms with van der Waals surface area (Å²) in [4.78, 5) is 54.6. The molecule has 0 radical (unpaired) electrons. The van der Waals surface area contributed by atoms with Crippen molar-refractivity contribution in [3.05, 3.63) is 0 Å². The number of nitrogens with zero attached hydrogens (tertiary/aromatic N) is 2. The van der Waals surface area contributed by atoms with Crippen molar-refractivity contribution in [2.24, 2.45) is 11.8 Å². The summed E-state index contributed by atoms with van der Waals surface area (Å²) in [6.45, 7) is 13.6. The molecule has 36 heavy (non-hydrogen) atoms. The molecule has 0 unspecified atom stereocenters. The number of hydrogen-bond donors (Lipinski definition) is 1. The molecule has 0 aliphatic carbocycles. The van der Waals surface area contributed by atoms with E-state index in [0.29, 0.717) is 19.3 Å². The third-order valence-electron chi connectivity index (χ3n) is 7.06. The number of piperidine rings is 1. The summed E-state index contributed by atoms with van der Waals surface area (Å²) in [6.07, 6.45) is 4.36. The van der Waals surface area contributed by atoms with E-state index in [1.807, 2.05) is 46.6 Å². The predicted molar refractivity (Wildman–Crippen MR) is 139 cm³/mol. The average Bonchev–Trinajstić information content (AvgIpc) is 2.80. The second-order valence-corrected chi connectivity index (χ2v) is 10.5. The van der Waals surface area contributed by atoms with E-state index in [0.717, 1.165) is 25.8 Å². The van der Waals surface area contributed by atoms with E-state index < -0.39 is 18.1 Å². The summed E-state index contributed by atoms with van der Waals surface area (Å²) in [5, 5.41) is 3.04. The molecule has 9 nitrogen and oxygen atoms in total. The normalized spacial score (nSPS) is 19.6. The number of likely N-dealkylation sites (N-methyl/N-ethyl adjacent to an activating group) is 1. The molecular weight excluding hydrogens is 462 g/mol. The van der Waals surface area contributed by atoms with Crippen LogP contribution in [0.25, 0.3) is 0 Å².